The first-order valence-corrected chi connectivity index (χ1v) is 13.6. The van der Waals surface area contributed by atoms with Gasteiger partial charge in [-0.1, -0.05) is 50.3 Å². The fourth-order valence-electron chi connectivity index (χ4n) is 5.35. The fraction of sp³-hybridized carbons (Fsp3) is 0.375. The summed E-state index contributed by atoms with van der Waals surface area (Å²) in [6.07, 6.45) is 8.73. The molecule has 3 aromatic rings. The van der Waals surface area contributed by atoms with Gasteiger partial charge < -0.3 is 9.47 Å². The monoisotopic (exact) mass is 510 g/mol. The molecule has 2 aliphatic carbocycles. The molecule has 0 saturated heterocycles. The molecule has 2 aromatic carbocycles. The molecule has 1 fully saturated rings. The van der Waals surface area contributed by atoms with Crippen LogP contribution in [0, 0.1) is 0 Å². The Morgan fingerprint density at radius 3 is 2.39 bits per heavy atom. The Labute approximate surface area is 224 Å². The molecule has 0 aliphatic heterocycles. The van der Waals surface area contributed by atoms with Gasteiger partial charge in [0.2, 0.25) is 5.88 Å². The van der Waals surface area contributed by atoms with E-state index in [4.69, 9.17) is 19.4 Å². The third kappa shape index (κ3) is 5.26. The number of hydrogen-bond donors (Lipinski definition) is 0. The Bertz CT molecular complexity index is 1400. The average molecular weight is 511 g/mol. The van der Waals surface area contributed by atoms with Crippen molar-refractivity contribution in [2.45, 2.75) is 71.3 Å². The van der Waals surface area contributed by atoms with Crippen molar-refractivity contribution in [2.75, 3.05) is 7.11 Å². The predicted molar refractivity (Wildman–Crippen MR) is 147 cm³/mol. The molecule has 5 rings (SSSR count). The maximum Gasteiger partial charge on any atom is 0.225 e. The van der Waals surface area contributed by atoms with E-state index in [-0.39, 0.29) is 17.7 Å². The summed E-state index contributed by atoms with van der Waals surface area (Å²) in [6.45, 7) is 3.74. The molecule has 6 heteroatoms. The van der Waals surface area contributed by atoms with Gasteiger partial charge in [0.05, 0.1) is 18.4 Å². The standard InChI is InChI=1S/C32H34N2O4/c1-4-27(35)21-10-8-9-20(17-21)25-15-16-26-31(25)32(38-24-11-6-7-12-24)34-30(33-26)19-23-14-13-22(28(36)5-2)18-29(23)37-3/h8-10,13-15,17-18,24H,4-7,11-12,16,19H2,1-3H3. The van der Waals surface area contributed by atoms with Gasteiger partial charge in [-0.25, -0.2) is 4.98 Å². The number of Topliss-reactive ketones (excluding diaryl/α,β-unsaturated/α-hetero) is 2. The van der Waals surface area contributed by atoms with Crippen LogP contribution >= 0.6 is 0 Å². The number of fused-ring (bicyclic) bond motifs is 1. The van der Waals surface area contributed by atoms with Gasteiger partial charge in [-0.15, -0.1) is 0 Å². The summed E-state index contributed by atoms with van der Waals surface area (Å²) in [5, 5.41) is 0. The summed E-state index contributed by atoms with van der Waals surface area (Å²) < 4.78 is 12.2. The van der Waals surface area contributed by atoms with Crippen LogP contribution in [0.25, 0.3) is 5.57 Å². The minimum absolute atomic E-state index is 0.0826. The van der Waals surface area contributed by atoms with Gasteiger partial charge in [-0.2, -0.15) is 4.98 Å². The van der Waals surface area contributed by atoms with Gasteiger partial charge in [0, 0.05) is 42.4 Å². The highest BCUT2D eigenvalue weighted by Gasteiger charge is 2.28. The molecule has 38 heavy (non-hydrogen) atoms. The topological polar surface area (TPSA) is 78.4 Å². The predicted octanol–water partition coefficient (Wildman–Crippen LogP) is 6.57. The van der Waals surface area contributed by atoms with Crippen LogP contribution < -0.4 is 9.47 Å². The molecule has 0 amide bonds. The van der Waals surface area contributed by atoms with Crippen molar-refractivity contribution in [3.63, 3.8) is 0 Å². The maximum atomic E-state index is 12.4. The van der Waals surface area contributed by atoms with Crippen LogP contribution in [-0.4, -0.2) is 34.7 Å². The number of carbonyl (C=O) groups is 2. The molecule has 1 saturated carbocycles. The van der Waals surface area contributed by atoms with Crippen molar-refractivity contribution >= 4 is 17.1 Å². The SMILES string of the molecule is CCC(=O)c1cccc(C2=CCc3nc(Cc4ccc(C(=O)CC)cc4OC)nc(OC4CCCC4)c32)c1. The van der Waals surface area contributed by atoms with Crippen LogP contribution in [0.5, 0.6) is 11.6 Å². The van der Waals surface area contributed by atoms with Crippen molar-refractivity contribution in [3.8, 4) is 11.6 Å². The lowest BCUT2D eigenvalue weighted by Gasteiger charge is -2.18. The lowest BCUT2D eigenvalue weighted by molar-refractivity contribution is 0.0980. The summed E-state index contributed by atoms with van der Waals surface area (Å²) in [5.74, 6) is 2.14. The molecule has 1 aromatic heterocycles. The molecule has 0 unspecified atom stereocenters. The first-order chi connectivity index (χ1) is 18.5. The number of ketones is 2. The highest BCUT2D eigenvalue weighted by molar-refractivity contribution is 5.98. The Morgan fingerprint density at radius 2 is 1.68 bits per heavy atom. The van der Waals surface area contributed by atoms with Crippen molar-refractivity contribution < 1.29 is 19.1 Å². The Balaban J connectivity index is 1.52. The largest absolute Gasteiger partial charge is 0.496 e. The van der Waals surface area contributed by atoms with E-state index in [2.05, 4.69) is 6.08 Å². The molecule has 1 heterocycles. The molecule has 6 nitrogen and oxygen atoms in total. The number of aromatic nitrogens is 2. The lowest BCUT2D eigenvalue weighted by atomic mass is 9.97. The molecule has 2 aliphatic rings. The first-order valence-electron chi connectivity index (χ1n) is 13.6. The van der Waals surface area contributed by atoms with Crippen LogP contribution in [0.1, 0.15) is 101 Å². The molecule has 0 radical (unpaired) electrons. The molecule has 0 bridgehead atoms. The second-order valence-corrected chi connectivity index (χ2v) is 9.95. The van der Waals surface area contributed by atoms with Crippen molar-refractivity contribution in [2.24, 2.45) is 0 Å². The number of rotatable bonds is 10. The third-order valence-corrected chi connectivity index (χ3v) is 7.44. The second-order valence-electron chi connectivity index (χ2n) is 9.95. The van der Waals surface area contributed by atoms with Gasteiger partial charge in [0.1, 0.15) is 17.7 Å². The first kappa shape index (κ1) is 25.8. The molecule has 0 N–H and O–H groups in total. The quantitative estimate of drug-likeness (QED) is 0.287. The van der Waals surface area contributed by atoms with Gasteiger partial charge in [-0.05, 0) is 49.0 Å². The van der Waals surface area contributed by atoms with Gasteiger partial charge in [0.15, 0.2) is 11.6 Å². The number of ether oxygens (including phenoxy) is 2. The van der Waals surface area contributed by atoms with Crippen molar-refractivity contribution in [1.29, 1.82) is 0 Å². The molecular formula is C32H34N2O4. The van der Waals surface area contributed by atoms with Crippen LogP contribution in [-0.2, 0) is 12.8 Å². The molecule has 196 valence electrons. The normalized spacial score (nSPS) is 14.8. The van der Waals surface area contributed by atoms with E-state index in [9.17, 15) is 9.59 Å². The summed E-state index contributed by atoms with van der Waals surface area (Å²) in [4.78, 5) is 34.4. The minimum atomic E-state index is 0.0826. The number of carbonyl (C=O) groups excluding carboxylic acids is 2. The summed E-state index contributed by atoms with van der Waals surface area (Å²) in [7, 11) is 1.62. The maximum absolute atomic E-state index is 12.4. The van der Waals surface area contributed by atoms with E-state index >= 15 is 0 Å². The number of methoxy groups -OCH3 is 1. The highest BCUT2D eigenvalue weighted by atomic mass is 16.5. The van der Waals surface area contributed by atoms with E-state index in [0.717, 1.165) is 53.6 Å². The van der Waals surface area contributed by atoms with E-state index in [1.54, 1.807) is 13.2 Å². The number of benzene rings is 2. The van der Waals surface area contributed by atoms with Crippen molar-refractivity contribution in [3.05, 3.63) is 87.9 Å². The zero-order valence-electron chi connectivity index (χ0n) is 22.4. The van der Waals surface area contributed by atoms with Crippen LogP contribution in [0.3, 0.4) is 0 Å². The van der Waals surface area contributed by atoms with E-state index in [1.807, 2.05) is 50.2 Å². The Hall–Kier alpha value is -3.80. The smallest absolute Gasteiger partial charge is 0.225 e. The Kier molecular flexibility index (Phi) is 7.68. The summed E-state index contributed by atoms with van der Waals surface area (Å²) >= 11 is 0. The number of hydrogen-bond acceptors (Lipinski definition) is 6. The molecule has 0 atom stereocenters. The van der Waals surface area contributed by atoms with Gasteiger partial charge >= 0.3 is 0 Å². The second kappa shape index (κ2) is 11.3. The third-order valence-electron chi connectivity index (χ3n) is 7.44. The highest BCUT2D eigenvalue weighted by Crippen LogP contribution is 2.39. The average Bonchev–Trinajstić information content (AvgIpc) is 3.62. The van der Waals surface area contributed by atoms with E-state index < -0.39 is 0 Å². The van der Waals surface area contributed by atoms with Crippen molar-refractivity contribution in [1.82, 2.24) is 9.97 Å². The molecular weight excluding hydrogens is 476 g/mol. The minimum Gasteiger partial charge on any atom is -0.496 e. The van der Waals surface area contributed by atoms with E-state index in [0.29, 0.717) is 54.3 Å². The van der Waals surface area contributed by atoms with E-state index in [1.165, 1.54) is 0 Å². The number of allylic oxidation sites excluding steroid dienone is 1. The zero-order chi connectivity index (χ0) is 26.6. The van der Waals surface area contributed by atoms with Crippen LogP contribution in [0.15, 0.2) is 48.5 Å². The fourth-order valence-corrected chi connectivity index (χ4v) is 5.35. The number of nitrogens with zero attached hydrogens (tertiary/aromatic N) is 2. The van der Waals surface area contributed by atoms with Crippen LogP contribution in [0.4, 0.5) is 0 Å². The lowest BCUT2D eigenvalue weighted by Crippen LogP contribution is -2.15. The van der Waals surface area contributed by atoms with Gasteiger partial charge in [-0.3, -0.25) is 9.59 Å². The summed E-state index contributed by atoms with van der Waals surface area (Å²) in [6, 6.07) is 13.4. The summed E-state index contributed by atoms with van der Waals surface area (Å²) in [5.41, 5.74) is 6.14. The zero-order valence-corrected chi connectivity index (χ0v) is 22.4. The Morgan fingerprint density at radius 1 is 0.947 bits per heavy atom. The van der Waals surface area contributed by atoms with Gasteiger partial charge in [0.25, 0.3) is 0 Å². The molecule has 0 spiro atoms. The van der Waals surface area contributed by atoms with Crippen LogP contribution in [0.2, 0.25) is 0 Å².